The van der Waals surface area contributed by atoms with Crippen LogP contribution in [-0.2, 0) is 4.79 Å². The monoisotopic (exact) mass is 368 g/mol. The first-order valence-corrected chi connectivity index (χ1v) is 8.05. The number of nitrogens with one attached hydrogen (secondary N) is 1. The van der Waals surface area contributed by atoms with E-state index in [1.54, 1.807) is 0 Å². The highest BCUT2D eigenvalue weighted by atomic mass is 19.3. The van der Waals surface area contributed by atoms with Gasteiger partial charge >= 0.3 is 0 Å². The maximum absolute atomic E-state index is 14.7. The van der Waals surface area contributed by atoms with Gasteiger partial charge in [-0.05, 0) is 30.7 Å². The van der Waals surface area contributed by atoms with Gasteiger partial charge in [-0.25, -0.2) is 27.5 Å². The summed E-state index contributed by atoms with van der Waals surface area (Å²) in [4.78, 5) is 21.3. The summed E-state index contributed by atoms with van der Waals surface area (Å²) in [5, 5.41) is 2.48. The van der Waals surface area contributed by atoms with Crippen molar-refractivity contribution in [1.29, 1.82) is 0 Å². The summed E-state index contributed by atoms with van der Waals surface area (Å²) in [6.07, 6.45) is -1.63. The standard InChI is InChI=1S/C17H16F4N4O/c18-11-4-2-10(3-5-11)15-14(21)16(23-9-22-15)24-12(8-13(19)20)17(26)25-6-1-7-25/h2-5,9,12-13H,1,6-8H2,(H,22,23,24)/t12-/m0/s1. The molecule has 2 aromatic rings. The van der Waals surface area contributed by atoms with Gasteiger partial charge in [0.1, 0.15) is 23.9 Å². The van der Waals surface area contributed by atoms with Gasteiger partial charge in [0.05, 0.1) is 0 Å². The Hall–Kier alpha value is -2.71. The lowest BCUT2D eigenvalue weighted by atomic mass is 10.1. The van der Waals surface area contributed by atoms with E-state index in [2.05, 4.69) is 15.3 Å². The van der Waals surface area contributed by atoms with Crippen molar-refractivity contribution in [2.24, 2.45) is 0 Å². The number of rotatable bonds is 6. The van der Waals surface area contributed by atoms with Crippen molar-refractivity contribution in [3.8, 4) is 11.3 Å². The average molecular weight is 368 g/mol. The Morgan fingerprint density at radius 2 is 1.85 bits per heavy atom. The molecule has 1 amide bonds. The zero-order valence-corrected chi connectivity index (χ0v) is 13.6. The van der Waals surface area contributed by atoms with Gasteiger partial charge in [-0.3, -0.25) is 4.79 Å². The van der Waals surface area contributed by atoms with Crippen molar-refractivity contribution in [3.05, 3.63) is 42.2 Å². The number of aromatic nitrogens is 2. The van der Waals surface area contributed by atoms with Crippen LogP contribution in [0.4, 0.5) is 23.4 Å². The van der Waals surface area contributed by atoms with Gasteiger partial charge in [-0.2, -0.15) is 0 Å². The number of carbonyl (C=O) groups is 1. The summed E-state index contributed by atoms with van der Waals surface area (Å²) >= 11 is 0. The summed E-state index contributed by atoms with van der Waals surface area (Å²) in [5.74, 6) is -2.25. The highest BCUT2D eigenvalue weighted by Crippen LogP contribution is 2.25. The van der Waals surface area contributed by atoms with Gasteiger partial charge in [0.2, 0.25) is 12.3 Å². The summed E-state index contributed by atoms with van der Waals surface area (Å²) < 4.78 is 53.4. The number of nitrogens with zero attached hydrogens (tertiary/aromatic N) is 3. The molecule has 0 bridgehead atoms. The van der Waals surface area contributed by atoms with E-state index in [-0.39, 0.29) is 11.5 Å². The van der Waals surface area contributed by atoms with Crippen LogP contribution in [0, 0.1) is 11.6 Å². The van der Waals surface area contributed by atoms with Crippen molar-refractivity contribution in [1.82, 2.24) is 14.9 Å². The fraction of sp³-hybridized carbons (Fsp3) is 0.353. The third-order valence-electron chi connectivity index (χ3n) is 4.10. The first-order valence-electron chi connectivity index (χ1n) is 8.05. The summed E-state index contributed by atoms with van der Waals surface area (Å²) in [7, 11) is 0. The van der Waals surface area contributed by atoms with Crippen LogP contribution in [-0.4, -0.2) is 46.3 Å². The van der Waals surface area contributed by atoms with Crippen molar-refractivity contribution in [3.63, 3.8) is 0 Å². The molecule has 138 valence electrons. The van der Waals surface area contributed by atoms with Crippen LogP contribution in [0.1, 0.15) is 12.8 Å². The molecule has 1 aromatic carbocycles. The summed E-state index contributed by atoms with van der Waals surface area (Å²) in [6.45, 7) is 0.987. The molecule has 1 aliphatic heterocycles. The topological polar surface area (TPSA) is 58.1 Å². The molecule has 1 aliphatic rings. The summed E-state index contributed by atoms with van der Waals surface area (Å²) in [5.41, 5.74) is 0.184. The number of alkyl halides is 2. The predicted octanol–water partition coefficient (Wildman–Crippen LogP) is 3.09. The third-order valence-corrected chi connectivity index (χ3v) is 4.10. The number of carbonyl (C=O) groups excluding carboxylic acids is 1. The minimum absolute atomic E-state index is 0.116. The third kappa shape index (κ3) is 3.92. The quantitative estimate of drug-likeness (QED) is 0.796. The van der Waals surface area contributed by atoms with Gasteiger partial charge in [0.15, 0.2) is 11.6 Å². The Bertz CT molecular complexity index is 781. The van der Waals surface area contributed by atoms with Crippen LogP contribution < -0.4 is 5.32 Å². The van der Waals surface area contributed by atoms with E-state index in [0.29, 0.717) is 18.7 Å². The van der Waals surface area contributed by atoms with E-state index in [4.69, 9.17) is 0 Å². The highest BCUT2D eigenvalue weighted by molar-refractivity contribution is 5.85. The van der Waals surface area contributed by atoms with Crippen molar-refractivity contribution in [2.45, 2.75) is 25.3 Å². The molecule has 1 atom stereocenters. The van der Waals surface area contributed by atoms with Gasteiger partial charge in [-0.1, -0.05) is 0 Å². The Morgan fingerprint density at radius 1 is 1.15 bits per heavy atom. The van der Waals surface area contributed by atoms with Crippen LogP contribution in [0.5, 0.6) is 0 Å². The van der Waals surface area contributed by atoms with Gasteiger partial charge in [-0.15, -0.1) is 0 Å². The fourth-order valence-corrected chi connectivity index (χ4v) is 2.60. The molecule has 1 fully saturated rings. The number of hydrogen-bond donors (Lipinski definition) is 1. The van der Waals surface area contributed by atoms with Crippen molar-refractivity contribution < 1.29 is 22.4 Å². The van der Waals surface area contributed by atoms with Gasteiger partial charge in [0.25, 0.3) is 0 Å². The Labute approximate surface area is 147 Å². The summed E-state index contributed by atoms with van der Waals surface area (Å²) in [6, 6.07) is 3.69. The van der Waals surface area contributed by atoms with Gasteiger partial charge < -0.3 is 10.2 Å². The molecule has 9 heteroatoms. The number of halogens is 4. The molecule has 0 spiro atoms. The molecule has 0 saturated carbocycles. The maximum Gasteiger partial charge on any atom is 0.245 e. The van der Waals surface area contributed by atoms with E-state index < -0.39 is 36.4 Å². The minimum Gasteiger partial charge on any atom is -0.356 e. The van der Waals surface area contributed by atoms with Crippen LogP contribution in [0.2, 0.25) is 0 Å². The lowest BCUT2D eigenvalue weighted by molar-refractivity contribution is -0.136. The van der Waals surface area contributed by atoms with Crippen molar-refractivity contribution in [2.75, 3.05) is 18.4 Å². The molecular weight excluding hydrogens is 352 g/mol. The van der Waals surface area contributed by atoms with Crippen LogP contribution in [0.25, 0.3) is 11.3 Å². The molecular formula is C17H16F4N4O. The Morgan fingerprint density at radius 3 is 2.42 bits per heavy atom. The molecule has 0 radical (unpaired) electrons. The predicted molar refractivity (Wildman–Crippen MR) is 86.6 cm³/mol. The Balaban J connectivity index is 1.86. The minimum atomic E-state index is -2.74. The van der Waals surface area contributed by atoms with E-state index in [1.165, 1.54) is 17.0 Å². The lowest BCUT2D eigenvalue weighted by Gasteiger charge is -2.34. The van der Waals surface area contributed by atoms with E-state index in [1.807, 2.05) is 0 Å². The zero-order chi connectivity index (χ0) is 18.7. The number of anilines is 1. The van der Waals surface area contributed by atoms with Crippen LogP contribution in [0.15, 0.2) is 30.6 Å². The zero-order valence-electron chi connectivity index (χ0n) is 13.6. The fourth-order valence-electron chi connectivity index (χ4n) is 2.60. The highest BCUT2D eigenvalue weighted by Gasteiger charge is 2.31. The molecule has 1 aromatic heterocycles. The van der Waals surface area contributed by atoms with Crippen molar-refractivity contribution >= 4 is 11.7 Å². The molecule has 3 rings (SSSR count). The lowest BCUT2D eigenvalue weighted by Crippen LogP contribution is -2.50. The molecule has 2 heterocycles. The smallest absolute Gasteiger partial charge is 0.245 e. The number of benzene rings is 1. The number of hydrogen-bond acceptors (Lipinski definition) is 4. The largest absolute Gasteiger partial charge is 0.356 e. The van der Waals surface area contributed by atoms with E-state index >= 15 is 0 Å². The van der Waals surface area contributed by atoms with E-state index in [9.17, 15) is 22.4 Å². The first kappa shape index (κ1) is 18.1. The second-order valence-corrected chi connectivity index (χ2v) is 5.89. The number of amides is 1. The molecule has 26 heavy (non-hydrogen) atoms. The Kier molecular flexibility index (Phi) is 5.34. The maximum atomic E-state index is 14.7. The molecule has 1 N–H and O–H groups in total. The molecule has 5 nitrogen and oxygen atoms in total. The average Bonchev–Trinajstić information content (AvgIpc) is 2.55. The van der Waals surface area contributed by atoms with E-state index in [0.717, 1.165) is 24.9 Å². The second kappa shape index (κ2) is 7.67. The normalized spacial score (nSPS) is 14.9. The molecule has 0 aliphatic carbocycles. The van der Waals surface area contributed by atoms with Crippen LogP contribution >= 0.6 is 0 Å². The first-order chi connectivity index (χ1) is 12.5. The second-order valence-electron chi connectivity index (χ2n) is 5.89. The SMILES string of the molecule is O=C([C@H](CC(F)F)Nc1ncnc(-c2ccc(F)cc2)c1F)N1CCC1. The van der Waals surface area contributed by atoms with Crippen LogP contribution in [0.3, 0.4) is 0 Å². The molecule has 1 saturated heterocycles. The number of likely N-dealkylation sites (tertiary alicyclic amines) is 1. The van der Waals surface area contributed by atoms with Gasteiger partial charge in [0, 0.05) is 25.1 Å². The molecule has 0 unspecified atom stereocenters.